The minimum atomic E-state index is -0.174. The zero-order chi connectivity index (χ0) is 16.9. The van der Waals surface area contributed by atoms with Gasteiger partial charge in [-0.1, -0.05) is 35.9 Å². The van der Waals surface area contributed by atoms with Gasteiger partial charge in [0.25, 0.3) is 0 Å². The molecule has 2 amide bonds. The molecule has 0 saturated carbocycles. The number of thioether (sulfide) groups is 1. The van der Waals surface area contributed by atoms with Crippen molar-refractivity contribution in [2.75, 3.05) is 24.2 Å². The van der Waals surface area contributed by atoms with Gasteiger partial charge < -0.3 is 10.2 Å². The van der Waals surface area contributed by atoms with Gasteiger partial charge >= 0.3 is 6.03 Å². The highest BCUT2D eigenvalue weighted by atomic mass is 35.5. The van der Waals surface area contributed by atoms with Crippen molar-refractivity contribution < 1.29 is 9.18 Å². The molecule has 24 heavy (non-hydrogen) atoms. The Kier molecular flexibility index (Phi) is 5.63. The van der Waals surface area contributed by atoms with E-state index in [0.717, 1.165) is 17.7 Å². The number of nitrogens with zero attached hydrogens (tertiary/aromatic N) is 1. The SMILES string of the molecule is O=C(Nc1cccc(Cl)c1)N1CCSC(c2ccccc2F)CC1. The van der Waals surface area contributed by atoms with Crippen LogP contribution in [0.5, 0.6) is 0 Å². The van der Waals surface area contributed by atoms with E-state index in [-0.39, 0.29) is 17.1 Å². The lowest BCUT2D eigenvalue weighted by atomic mass is 10.1. The third-order valence-corrected chi connectivity index (χ3v) is 5.50. The standard InChI is InChI=1S/C18H18ClFN2OS/c19-13-4-3-5-14(12-13)21-18(23)22-9-8-17(24-11-10-22)15-6-1-2-7-16(15)20/h1-7,12,17H,8-11H2,(H,21,23). The van der Waals surface area contributed by atoms with Crippen LogP contribution in [0, 0.1) is 5.82 Å². The number of amides is 2. The molecule has 3 rings (SSSR count). The lowest BCUT2D eigenvalue weighted by molar-refractivity contribution is 0.215. The van der Waals surface area contributed by atoms with E-state index in [9.17, 15) is 9.18 Å². The van der Waals surface area contributed by atoms with Crippen LogP contribution in [0.3, 0.4) is 0 Å². The number of carbonyl (C=O) groups excluding carboxylic acids is 1. The van der Waals surface area contributed by atoms with Gasteiger partial charge in [0, 0.05) is 40.4 Å². The Hall–Kier alpha value is -1.72. The molecule has 2 aromatic carbocycles. The van der Waals surface area contributed by atoms with Gasteiger partial charge in [0.05, 0.1) is 0 Å². The zero-order valence-corrected chi connectivity index (χ0v) is 14.6. The van der Waals surface area contributed by atoms with Gasteiger partial charge in [-0.3, -0.25) is 0 Å². The van der Waals surface area contributed by atoms with Crippen LogP contribution in [-0.4, -0.2) is 29.8 Å². The third-order valence-electron chi connectivity index (χ3n) is 3.96. The first-order valence-corrected chi connectivity index (χ1v) is 9.23. The van der Waals surface area contributed by atoms with E-state index in [1.807, 2.05) is 12.1 Å². The number of rotatable bonds is 2. The molecule has 1 fully saturated rings. The van der Waals surface area contributed by atoms with Crippen molar-refractivity contribution in [3.05, 3.63) is 64.9 Å². The molecule has 2 aromatic rings. The second kappa shape index (κ2) is 7.90. The number of halogens is 2. The molecule has 6 heteroatoms. The predicted molar refractivity (Wildman–Crippen MR) is 98.3 cm³/mol. The quantitative estimate of drug-likeness (QED) is 0.795. The number of hydrogen-bond donors (Lipinski definition) is 1. The van der Waals surface area contributed by atoms with Gasteiger partial charge in [-0.15, -0.1) is 0 Å². The second-order valence-electron chi connectivity index (χ2n) is 5.60. The molecule has 1 saturated heterocycles. The summed E-state index contributed by atoms with van der Waals surface area (Å²) in [7, 11) is 0. The molecular formula is C18H18ClFN2OS. The molecule has 0 bridgehead atoms. The van der Waals surface area contributed by atoms with Crippen molar-refractivity contribution in [3.63, 3.8) is 0 Å². The van der Waals surface area contributed by atoms with E-state index in [0.29, 0.717) is 23.8 Å². The molecule has 1 heterocycles. The average Bonchev–Trinajstić information content (AvgIpc) is 2.81. The van der Waals surface area contributed by atoms with E-state index in [2.05, 4.69) is 5.32 Å². The van der Waals surface area contributed by atoms with Crippen molar-refractivity contribution in [2.24, 2.45) is 0 Å². The van der Waals surface area contributed by atoms with Crippen LogP contribution in [0.4, 0.5) is 14.9 Å². The van der Waals surface area contributed by atoms with E-state index in [4.69, 9.17) is 11.6 Å². The minimum Gasteiger partial charge on any atom is -0.324 e. The first-order chi connectivity index (χ1) is 11.6. The fourth-order valence-electron chi connectivity index (χ4n) is 2.73. The van der Waals surface area contributed by atoms with Gasteiger partial charge in [0.1, 0.15) is 5.82 Å². The Morgan fingerprint density at radius 3 is 2.83 bits per heavy atom. The summed E-state index contributed by atoms with van der Waals surface area (Å²) in [5.41, 5.74) is 1.40. The minimum absolute atomic E-state index is 0.0789. The molecule has 1 atom stereocenters. The van der Waals surface area contributed by atoms with Gasteiger partial charge in [-0.25, -0.2) is 9.18 Å². The highest BCUT2D eigenvalue weighted by Gasteiger charge is 2.23. The van der Waals surface area contributed by atoms with E-state index in [1.54, 1.807) is 47.0 Å². The summed E-state index contributed by atoms with van der Waals surface area (Å²) >= 11 is 7.64. The number of hydrogen-bond acceptors (Lipinski definition) is 2. The highest BCUT2D eigenvalue weighted by Crippen LogP contribution is 2.35. The Labute approximate surface area is 150 Å². The second-order valence-corrected chi connectivity index (χ2v) is 7.34. The smallest absolute Gasteiger partial charge is 0.321 e. The lowest BCUT2D eigenvalue weighted by Gasteiger charge is -2.21. The van der Waals surface area contributed by atoms with Crippen LogP contribution in [0.15, 0.2) is 48.5 Å². The summed E-state index contributed by atoms with van der Waals surface area (Å²) in [6, 6.07) is 13.8. The molecule has 126 valence electrons. The summed E-state index contributed by atoms with van der Waals surface area (Å²) in [4.78, 5) is 14.2. The van der Waals surface area contributed by atoms with Gasteiger partial charge in [-0.2, -0.15) is 11.8 Å². The summed E-state index contributed by atoms with van der Waals surface area (Å²) in [6.07, 6.45) is 0.731. The van der Waals surface area contributed by atoms with Gasteiger partial charge in [0.2, 0.25) is 0 Å². The van der Waals surface area contributed by atoms with Crippen LogP contribution >= 0.6 is 23.4 Å². The molecule has 0 aromatic heterocycles. The van der Waals surface area contributed by atoms with Crippen LogP contribution in [-0.2, 0) is 0 Å². The van der Waals surface area contributed by atoms with Crippen molar-refractivity contribution in [3.8, 4) is 0 Å². The lowest BCUT2D eigenvalue weighted by Crippen LogP contribution is -2.36. The summed E-state index contributed by atoms with van der Waals surface area (Å²) in [5, 5.41) is 3.53. The van der Waals surface area contributed by atoms with E-state index >= 15 is 0 Å². The molecule has 0 radical (unpaired) electrons. The maximum Gasteiger partial charge on any atom is 0.321 e. The van der Waals surface area contributed by atoms with Gasteiger partial charge in [-0.05, 0) is 30.7 Å². The van der Waals surface area contributed by atoms with Crippen LogP contribution in [0.25, 0.3) is 0 Å². The average molecular weight is 365 g/mol. The Morgan fingerprint density at radius 2 is 2.04 bits per heavy atom. The monoisotopic (exact) mass is 364 g/mol. The molecule has 0 aliphatic carbocycles. The molecule has 1 N–H and O–H groups in total. The Balaban J connectivity index is 1.63. The fourth-order valence-corrected chi connectivity index (χ4v) is 4.17. The normalized spacial score (nSPS) is 18.1. The number of benzene rings is 2. The molecule has 0 spiro atoms. The molecular weight excluding hydrogens is 347 g/mol. The van der Waals surface area contributed by atoms with Crippen LogP contribution in [0.1, 0.15) is 17.2 Å². The highest BCUT2D eigenvalue weighted by molar-refractivity contribution is 7.99. The maximum absolute atomic E-state index is 14.0. The van der Waals surface area contributed by atoms with E-state index < -0.39 is 0 Å². The van der Waals surface area contributed by atoms with Crippen LogP contribution < -0.4 is 5.32 Å². The largest absolute Gasteiger partial charge is 0.324 e. The summed E-state index contributed by atoms with van der Waals surface area (Å²) in [5.74, 6) is 0.605. The van der Waals surface area contributed by atoms with Crippen LogP contribution in [0.2, 0.25) is 5.02 Å². The Bertz CT molecular complexity index is 728. The first kappa shape index (κ1) is 17.1. The zero-order valence-electron chi connectivity index (χ0n) is 13.0. The number of urea groups is 1. The first-order valence-electron chi connectivity index (χ1n) is 7.81. The topological polar surface area (TPSA) is 32.3 Å². The molecule has 3 nitrogen and oxygen atoms in total. The number of carbonyl (C=O) groups is 1. The van der Waals surface area contributed by atoms with Gasteiger partial charge in [0.15, 0.2) is 0 Å². The number of anilines is 1. The summed E-state index contributed by atoms with van der Waals surface area (Å²) < 4.78 is 14.0. The van der Waals surface area contributed by atoms with Crippen molar-refractivity contribution >= 4 is 35.1 Å². The molecule has 1 unspecified atom stereocenters. The summed E-state index contributed by atoms with van der Waals surface area (Å²) in [6.45, 7) is 1.24. The van der Waals surface area contributed by atoms with Crippen molar-refractivity contribution in [2.45, 2.75) is 11.7 Å². The van der Waals surface area contributed by atoms with Crippen molar-refractivity contribution in [1.29, 1.82) is 0 Å². The maximum atomic E-state index is 14.0. The molecule has 1 aliphatic heterocycles. The third kappa shape index (κ3) is 4.22. The Morgan fingerprint density at radius 1 is 1.21 bits per heavy atom. The number of nitrogens with one attached hydrogen (secondary N) is 1. The van der Waals surface area contributed by atoms with Crippen molar-refractivity contribution in [1.82, 2.24) is 4.90 Å². The fraction of sp³-hybridized carbons (Fsp3) is 0.278. The predicted octanol–water partition coefficient (Wildman–Crippen LogP) is 5.19. The molecule has 1 aliphatic rings. The van der Waals surface area contributed by atoms with E-state index in [1.165, 1.54) is 6.07 Å².